The van der Waals surface area contributed by atoms with E-state index in [0.717, 1.165) is 16.1 Å². The molecule has 3 rings (SSSR count). The Kier molecular flexibility index (Phi) is 8.90. The number of non-ortho nitro benzene ring substituents is 1. The van der Waals surface area contributed by atoms with Gasteiger partial charge in [0.05, 0.1) is 0 Å². The van der Waals surface area contributed by atoms with Crippen LogP contribution in [0.5, 0.6) is 0 Å². The maximum absolute atomic E-state index is 10.9. The SMILES string of the molecule is CCC[CH2][Sn]([CH2]CCC)([CH2]CCC)[c]1ccc2nc(-c3ccc([N+](=O)[O-])cc3)sc2c1. The van der Waals surface area contributed by atoms with Crippen LogP contribution in [0.3, 0.4) is 0 Å². The summed E-state index contributed by atoms with van der Waals surface area (Å²) in [4.78, 5) is 15.4. The molecule has 0 N–H and O–H groups in total. The van der Waals surface area contributed by atoms with Crippen molar-refractivity contribution in [3.63, 3.8) is 0 Å². The fourth-order valence-corrected chi connectivity index (χ4v) is 21.7. The van der Waals surface area contributed by atoms with E-state index in [1.165, 1.54) is 56.5 Å². The molecule has 4 nitrogen and oxygen atoms in total. The predicted octanol–water partition coefficient (Wildman–Crippen LogP) is 7.93. The summed E-state index contributed by atoms with van der Waals surface area (Å²) in [6.45, 7) is 6.96. The van der Waals surface area contributed by atoms with Crippen LogP contribution in [0.4, 0.5) is 5.69 Å². The molecule has 0 bridgehead atoms. The molecule has 0 saturated carbocycles. The first kappa shape index (κ1) is 24.2. The van der Waals surface area contributed by atoms with Crippen molar-refractivity contribution in [3.05, 3.63) is 52.6 Å². The molecule has 0 unspecified atom stereocenters. The van der Waals surface area contributed by atoms with Crippen LogP contribution in [-0.4, -0.2) is 28.3 Å². The summed E-state index contributed by atoms with van der Waals surface area (Å²) in [5, 5.41) is 11.9. The number of thiazole rings is 1. The summed E-state index contributed by atoms with van der Waals surface area (Å²) in [7, 11) is 0. The minimum absolute atomic E-state index is 0.119. The molecule has 0 radical (unpaired) electrons. The van der Waals surface area contributed by atoms with Crippen LogP contribution in [0.25, 0.3) is 20.8 Å². The monoisotopic (exact) mass is 546 g/mol. The summed E-state index contributed by atoms with van der Waals surface area (Å²) >= 11 is -0.738. The van der Waals surface area contributed by atoms with Crippen molar-refractivity contribution in [1.82, 2.24) is 4.98 Å². The zero-order valence-electron chi connectivity index (χ0n) is 19.0. The van der Waals surface area contributed by atoms with E-state index >= 15 is 0 Å². The number of benzene rings is 2. The second kappa shape index (κ2) is 11.4. The zero-order valence-corrected chi connectivity index (χ0v) is 22.7. The van der Waals surface area contributed by atoms with Gasteiger partial charge in [0.2, 0.25) is 0 Å². The zero-order chi connectivity index (χ0) is 22.3. The van der Waals surface area contributed by atoms with Gasteiger partial charge in [0.15, 0.2) is 0 Å². The molecule has 6 heteroatoms. The average Bonchev–Trinajstić information content (AvgIpc) is 3.22. The van der Waals surface area contributed by atoms with E-state index in [4.69, 9.17) is 4.98 Å². The first-order chi connectivity index (χ1) is 15.0. The van der Waals surface area contributed by atoms with Gasteiger partial charge in [0.1, 0.15) is 0 Å². The number of nitro groups is 1. The first-order valence-electron chi connectivity index (χ1n) is 11.7. The maximum atomic E-state index is 10.9. The topological polar surface area (TPSA) is 56.0 Å². The van der Waals surface area contributed by atoms with E-state index in [-0.39, 0.29) is 10.6 Å². The summed E-state index contributed by atoms with van der Waals surface area (Å²) in [6, 6.07) is 13.8. The fraction of sp³-hybridized carbons (Fsp3) is 0.480. The Labute approximate surface area is 194 Å². The quantitative estimate of drug-likeness (QED) is 0.132. The Bertz CT molecular complexity index is 979. The molecule has 0 aliphatic carbocycles. The van der Waals surface area contributed by atoms with Crippen molar-refractivity contribution >= 4 is 49.2 Å². The van der Waals surface area contributed by atoms with Gasteiger partial charge in [-0.25, -0.2) is 0 Å². The van der Waals surface area contributed by atoms with E-state index in [1.807, 2.05) is 12.1 Å². The van der Waals surface area contributed by atoms with Crippen LogP contribution in [0.1, 0.15) is 59.3 Å². The standard InChI is InChI=1S/C13H7N2O2S.3C4H9.Sn/c16-15(17)10-7-5-9(6-8-10)13-14-11-3-1-2-4-12(11)18-13;3*1-3-4-2;/h1,3-8H;3*1,3-4H2,2H3;. The van der Waals surface area contributed by atoms with Gasteiger partial charge in [-0.3, -0.25) is 0 Å². The molecule has 0 fully saturated rings. The Morgan fingerprint density at radius 2 is 1.48 bits per heavy atom. The van der Waals surface area contributed by atoms with E-state index in [0.29, 0.717) is 0 Å². The van der Waals surface area contributed by atoms with Crippen molar-refractivity contribution < 1.29 is 4.92 Å². The van der Waals surface area contributed by atoms with Crippen molar-refractivity contribution in [2.75, 3.05) is 0 Å². The number of nitrogens with zero attached hydrogens (tertiary/aromatic N) is 2. The Morgan fingerprint density at radius 1 is 0.903 bits per heavy atom. The molecule has 0 atom stereocenters. The Balaban J connectivity index is 1.98. The summed E-state index contributed by atoms with van der Waals surface area (Å²) in [5.74, 6) is 0. The number of hydrogen-bond acceptors (Lipinski definition) is 4. The Hall–Kier alpha value is -1.47. The van der Waals surface area contributed by atoms with E-state index < -0.39 is 18.4 Å². The molecule has 2 aromatic carbocycles. The van der Waals surface area contributed by atoms with E-state index in [9.17, 15) is 10.1 Å². The average molecular weight is 545 g/mol. The number of hydrogen-bond donors (Lipinski definition) is 0. The second-order valence-electron chi connectivity index (χ2n) is 8.60. The van der Waals surface area contributed by atoms with Crippen LogP contribution in [-0.2, 0) is 0 Å². The number of fused-ring (bicyclic) bond motifs is 1. The number of nitro benzene ring substituents is 1. The minimum atomic E-state index is -2.46. The van der Waals surface area contributed by atoms with Crippen LogP contribution < -0.4 is 3.58 Å². The third-order valence-electron chi connectivity index (χ3n) is 6.35. The summed E-state index contributed by atoms with van der Waals surface area (Å²) in [6.07, 6.45) is 7.92. The molecule has 166 valence electrons. The van der Waals surface area contributed by atoms with Crippen LogP contribution in [0.2, 0.25) is 13.3 Å². The molecule has 31 heavy (non-hydrogen) atoms. The van der Waals surface area contributed by atoms with Crippen molar-refractivity contribution in [2.45, 2.75) is 72.6 Å². The fourth-order valence-electron chi connectivity index (χ4n) is 4.46. The van der Waals surface area contributed by atoms with Crippen molar-refractivity contribution in [2.24, 2.45) is 0 Å². The Morgan fingerprint density at radius 3 is 2.00 bits per heavy atom. The van der Waals surface area contributed by atoms with Crippen LogP contribution in [0.15, 0.2) is 42.5 Å². The van der Waals surface area contributed by atoms with Crippen molar-refractivity contribution in [1.29, 1.82) is 0 Å². The molecule has 0 spiro atoms. The third kappa shape index (κ3) is 5.86. The molecule has 0 aliphatic heterocycles. The van der Waals surface area contributed by atoms with Crippen LogP contribution >= 0.6 is 11.3 Å². The normalized spacial score (nSPS) is 11.8. The molecule has 1 heterocycles. The van der Waals surface area contributed by atoms with Gasteiger partial charge in [-0.05, 0) is 0 Å². The van der Waals surface area contributed by atoms with Gasteiger partial charge in [0.25, 0.3) is 0 Å². The third-order valence-corrected chi connectivity index (χ3v) is 23.0. The summed E-state index contributed by atoms with van der Waals surface area (Å²) < 4.78 is 7.33. The molecule has 3 aromatic rings. The van der Waals surface area contributed by atoms with Gasteiger partial charge in [0, 0.05) is 0 Å². The molecule has 0 aliphatic rings. The van der Waals surface area contributed by atoms with Crippen molar-refractivity contribution in [3.8, 4) is 10.6 Å². The molecular weight excluding hydrogens is 511 g/mol. The van der Waals surface area contributed by atoms with Gasteiger partial charge < -0.3 is 0 Å². The number of unbranched alkanes of at least 4 members (excludes halogenated alkanes) is 3. The number of aromatic nitrogens is 1. The van der Waals surface area contributed by atoms with Gasteiger partial charge in [-0.2, -0.15) is 0 Å². The number of rotatable bonds is 12. The van der Waals surface area contributed by atoms with Gasteiger partial charge in [-0.15, -0.1) is 0 Å². The molecule has 0 saturated heterocycles. The summed E-state index contributed by atoms with van der Waals surface area (Å²) in [5.41, 5.74) is 2.11. The van der Waals surface area contributed by atoms with Crippen LogP contribution in [0, 0.1) is 10.1 Å². The van der Waals surface area contributed by atoms with Gasteiger partial charge >= 0.3 is 195 Å². The molecular formula is C25H34N2O2SSn. The predicted molar refractivity (Wildman–Crippen MR) is 136 cm³/mol. The first-order valence-corrected chi connectivity index (χ1v) is 20.0. The van der Waals surface area contributed by atoms with Gasteiger partial charge in [-0.1, -0.05) is 0 Å². The van der Waals surface area contributed by atoms with E-state index in [1.54, 1.807) is 27.0 Å². The van der Waals surface area contributed by atoms with E-state index in [2.05, 4.69) is 39.0 Å². The molecule has 1 aromatic heterocycles. The molecule has 0 amide bonds. The second-order valence-corrected chi connectivity index (χ2v) is 22.9.